The number of hydrogen-bond acceptors (Lipinski definition) is 2. The summed E-state index contributed by atoms with van der Waals surface area (Å²) in [6, 6.07) is 10.1. The molecule has 1 aromatic rings. The van der Waals surface area contributed by atoms with Gasteiger partial charge >= 0.3 is 0 Å². The summed E-state index contributed by atoms with van der Waals surface area (Å²) in [5.41, 5.74) is 6.81. The lowest BCUT2D eigenvalue weighted by molar-refractivity contribution is -0.130. The predicted molar refractivity (Wildman–Crippen MR) is 89.7 cm³/mol. The SMILES string of the molecule is CCC(N)(CC)CNC(=O)C1(c2ccccc2)CCC1.Cl. The van der Waals surface area contributed by atoms with Crippen LogP contribution >= 0.6 is 12.4 Å². The van der Waals surface area contributed by atoms with Crippen LogP contribution in [0.3, 0.4) is 0 Å². The Balaban J connectivity index is 0.00000220. The van der Waals surface area contributed by atoms with Crippen LogP contribution in [0.5, 0.6) is 0 Å². The molecule has 1 fully saturated rings. The summed E-state index contributed by atoms with van der Waals surface area (Å²) < 4.78 is 0. The van der Waals surface area contributed by atoms with E-state index in [0.29, 0.717) is 6.54 Å². The topological polar surface area (TPSA) is 55.1 Å². The van der Waals surface area contributed by atoms with E-state index in [9.17, 15) is 4.79 Å². The highest BCUT2D eigenvalue weighted by molar-refractivity contribution is 5.89. The summed E-state index contributed by atoms with van der Waals surface area (Å²) in [6.07, 6.45) is 4.76. The Morgan fingerprint density at radius 2 is 1.81 bits per heavy atom. The smallest absolute Gasteiger partial charge is 0.230 e. The van der Waals surface area contributed by atoms with E-state index in [-0.39, 0.29) is 29.3 Å². The number of nitrogens with two attached hydrogens (primary N) is 1. The molecule has 4 heteroatoms. The van der Waals surface area contributed by atoms with Crippen LogP contribution in [-0.4, -0.2) is 18.0 Å². The number of carbonyl (C=O) groups is 1. The standard InChI is InChI=1S/C17H26N2O.ClH/c1-3-16(18,4-2)13-19-15(20)17(11-8-12-17)14-9-6-5-7-10-14;/h5-7,9-10H,3-4,8,11-13,18H2,1-2H3,(H,19,20);1H. The first-order valence-electron chi connectivity index (χ1n) is 7.69. The average molecular weight is 311 g/mol. The van der Waals surface area contributed by atoms with E-state index in [1.54, 1.807) is 0 Å². The summed E-state index contributed by atoms with van der Waals surface area (Å²) in [7, 11) is 0. The second kappa shape index (κ2) is 7.28. The predicted octanol–water partition coefficient (Wildman–Crippen LogP) is 3.16. The van der Waals surface area contributed by atoms with Crippen molar-refractivity contribution in [1.82, 2.24) is 5.32 Å². The Labute approximate surface area is 134 Å². The van der Waals surface area contributed by atoms with E-state index in [1.165, 1.54) is 0 Å². The van der Waals surface area contributed by atoms with Crippen molar-refractivity contribution < 1.29 is 4.79 Å². The Morgan fingerprint density at radius 3 is 2.24 bits per heavy atom. The van der Waals surface area contributed by atoms with Gasteiger partial charge in [0.1, 0.15) is 0 Å². The molecule has 0 heterocycles. The Morgan fingerprint density at radius 1 is 1.24 bits per heavy atom. The van der Waals surface area contributed by atoms with Gasteiger partial charge in [0.25, 0.3) is 0 Å². The molecule has 0 saturated heterocycles. The lowest BCUT2D eigenvalue weighted by atomic mass is 9.63. The Hall–Kier alpha value is -1.06. The van der Waals surface area contributed by atoms with Crippen molar-refractivity contribution in [2.75, 3.05) is 6.54 Å². The van der Waals surface area contributed by atoms with Crippen LogP contribution in [-0.2, 0) is 10.2 Å². The second-order valence-corrected chi connectivity index (χ2v) is 6.05. The minimum atomic E-state index is -0.316. The zero-order valence-corrected chi connectivity index (χ0v) is 13.8. The summed E-state index contributed by atoms with van der Waals surface area (Å²) >= 11 is 0. The lowest BCUT2D eigenvalue weighted by Gasteiger charge is -2.41. The van der Waals surface area contributed by atoms with Gasteiger partial charge in [0, 0.05) is 12.1 Å². The third-order valence-electron chi connectivity index (χ3n) is 4.98. The third kappa shape index (κ3) is 3.58. The molecule has 2 rings (SSSR count). The average Bonchev–Trinajstić information content (AvgIpc) is 2.45. The largest absolute Gasteiger partial charge is 0.353 e. The van der Waals surface area contributed by atoms with Gasteiger partial charge in [-0.3, -0.25) is 4.79 Å². The number of carbonyl (C=O) groups excluding carboxylic acids is 1. The number of rotatable bonds is 6. The van der Waals surface area contributed by atoms with Gasteiger partial charge in [-0.2, -0.15) is 0 Å². The van der Waals surface area contributed by atoms with Crippen LogP contribution in [0, 0.1) is 0 Å². The fourth-order valence-corrected chi connectivity index (χ4v) is 2.86. The first-order chi connectivity index (χ1) is 9.56. The van der Waals surface area contributed by atoms with Gasteiger partial charge in [0.15, 0.2) is 0 Å². The van der Waals surface area contributed by atoms with Crippen LogP contribution in [0.1, 0.15) is 51.5 Å². The maximum Gasteiger partial charge on any atom is 0.230 e. The van der Waals surface area contributed by atoms with E-state index in [0.717, 1.165) is 37.7 Å². The summed E-state index contributed by atoms with van der Waals surface area (Å²) in [6.45, 7) is 4.71. The third-order valence-corrected chi connectivity index (χ3v) is 4.98. The van der Waals surface area contributed by atoms with Gasteiger partial charge in [-0.1, -0.05) is 50.6 Å². The highest BCUT2D eigenvalue weighted by atomic mass is 35.5. The normalized spacial score (nSPS) is 16.5. The van der Waals surface area contributed by atoms with Crippen molar-refractivity contribution in [1.29, 1.82) is 0 Å². The molecule has 21 heavy (non-hydrogen) atoms. The molecule has 0 radical (unpaired) electrons. The minimum Gasteiger partial charge on any atom is -0.353 e. The fourth-order valence-electron chi connectivity index (χ4n) is 2.86. The van der Waals surface area contributed by atoms with Gasteiger partial charge in [0.05, 0.1) is 5.41 Å². The Kier molecular flexibility index (Phi) is 6.24. The minimum absolute atomic E-state index is 0. The van der Waals surface area contributed by atoms with Crippen molar-refractivity contribution >= 4 is 18.3 Å². The van der Waals surface area contributed by atoms with E-state index in [2.05, 4.69) is 31.3 Å². The summed E-state index contributed by atoms with van der Waals surface area (Å²) in [5.74, 6) is 0.145. The fraction of sp³-hybridized carbons (Fsp3) is 0.588. The quantitative estimate of drug-likeness (QED) is 0.848. The molecule has 3 nitrogen and oxygen atoms in total. The first kappa shape index (κ1) is 18.0. The van der Waals surface area contributed by atoms with E-state index in [4.69, 9.17) is 5.73 Å². The van der Waals surface area contributed by atoms with Crippen molar-refractivity contribution in [2.45, 2.75) is 56.9 Å². The van der Waals surface area contributed by atoms with Crippen LogP contribution in [0.25, 0.3) is 0 Å². The zero-order chi connectivity index (χ0) is 14.6. The number of amides is 1. The van der Waals surface area contributed by atoms with Gasteiger partial charge in [-0.05, 0) is 31.2 Å². The molecule has 3 N–H and O–H groups in total. The van der Waals surface area contributed by atoms with Crippen LogP contribution < -0.4 is 11.1 Å². The monoisotopic (exact) mass is 310 g/mol. The molecule has 1 aliphatic rings. The highest BCUT2D eigenvalue weighted by Gasteiger charge is 2.45. The number of benzene rings is 1. The molecule has 0 spiro atoms. The molecular formula is C17H27ClN2O. The molecule has 0 aliphatic heterocycles. The maximum atomic E-state index is 12.7. The van der Waals surface area contributed by atoms with Crippen molar-refractivity contribution in [3.05, 3.63) is 35.9 Å². The van der Waals surface area contributed by atoms with Crippen molar-refractivity contribution in [2.24, 2.45) is 5.73 Å². The molecule has 1 amide bonds. The molecule has 1 aliphatic carbocycles. The van der Waals surface area contributed by atoms with Crippen molar-refractivity contribution in [3.8, 4) is 0 Å². The first-order valence-corrected chi connectivity index (χ1v) is 7.69. The molecule has 1 aromatic carbocycles. The molecule has 0 aromatic heterocycles. The van der Waals surface area contributed by atoms with Gasteiger partial charge in [-0.25, -0.2) is 0 Å². The molecule has 0 unspecified atom stereocenters. The summed E-state index contributed by atoms with van der Waals surface area (Å²) in [4.78, 5) is 12.7. The second-order valence-electron chi connectivity index (χ2n) is 6.05. The van der Waals surface area contributed by atoms with Gasteiger partial charge in [0.2, 0.25) is 5.91 Å². The van der Waals surface area contributed by atoms with E-state index < -0.39 is 0 Å². The Bertz CT molecular complexity index is 453. The molecular weight excluding hydrogens is 284 g/mol. The number of nitrogens with one attached hydrogen (secondary N) is 1. The van der Waals surface area contributed by atoms with Gasteiger partial charge in [-0.15, -0.1) is 12.4 Å². The van der Waals surface area contributed by atoms with E-state index >= 15 is 0 Å². The summed E-state index contributed by atoms with van der Waals surface area (Å²) in [5, 5.41) is 3.10. The molecule has 118 valence electrons. The van der Waals surface area contributed by atoms with Crippen molar-refractivity contribution in [3.63, 3.8) is 0 Å². The number of hydrogen-bond donors (Lipinski definition) is 2. The molecule has 0 bridgehead atoms. The maximum absolute atomic E-state index is 12.7. The molecule has 0 atom stereocenters. The molecule has 1 saturated carbocycles. The van der Waals surface area contributed by atoms with Crippen LogP contribution in [0.4, 0.5) is 0 Å². The van der Waals surface area contributed by atoms with E-state index in [1.807, 2.05) is 18.2 Å². The lowest BCUT2D eigenvalue weighted by Crippen LogP contribution is -2.55. The van der Waals surface area contributed by atoms with Crippen LogP contribution in [0.15, 0.2) is 30.3 Å². The van der Waals surface area contributed by atoms with Crippen LogP contribution in [0.2, 0.25) is 0 Å². The zero-order valence-electron chi connectivity index (χ0n) is 13.0. The number of halogens is 1. The van der Waals surface area contributed by atoms with Gasteiger partial charge < -0.3 is 11.1 Å². The highest BCUT2D eigenvalue weighted by Crippen LogP contribution is 2.43.